The van der Waals surface area contributed by atoms with Crippen LogP contribution in [0.5, 0.6) is 5.75 Å². The fraction of sp³-hybridized carbons (Fsp3) is 0.0625. The van der Waals surface area contributed by atoms with Crippen LogP contribution in [0, 0.1) is 0 Å². The number of rotatable bonds is 1. The number of hydrogen-bond acceptors (Lipinski definition) is 2. The van der Waals surface area contributed by atoms with Crippen molar-refractivity contribution in [2.75, 3.05) is 7.11 Å². The molecule has 92 valence electrons. The van der Waals surface area contributed by atoms with E-state index in [1.54, 1.807) is 7.11 Å². The molecule has 2 heterocycles. The van der Waals surface area contributed by atoms with Crippen LogP contribution in [-0.2, 0) is 0 Å². The summed E-state index contributed by atoms with van der Waals surface area (Å²) in [4.78, 5) is 8.16. The molecule has 0 amide bonds. The molecule has 0 unspecified atom stereocenters. The molecular formula is C16H12N2O. The first-order chi connectivity index (χ1) is 9.36. The molecule has 2 aromatic heterocycles. The van der Waals surface area contributed by atoms with E-state index in [0.717, 1.165) is 38.6 Å². The summed E-state index contributed by atoms with van der Waals surface area (Å²) in [5.74, 6) is 0.847. The molecule has 3 nitrogen and oxygen atoms in total. The summed E-state index contributed by atoms with van der Waals surface area (Å²) in [6.45, 7) is 0. The maximum atomic E-state index is 5.40. The highest BCUT2D eigenvalue weighted by Gasteiger charge is 2.10. The highest BCUT2D eigenvalue weighted by Crippen LogP contribution is 2.31. The Labute approximate surface area is 109 Å². The molecule has 0 saturated heterocycles. The van der Waals surface area contributed by atoms with Gasteiger partial charge in [-0.1, -0.05) is 30.3 Å². The largest absolute Gasteiger partial charge is 0.495 e. The minimum Gasteiger partial charge on any atom is -0.495 e. The molecule has 0 aliphatic rings. The Kier molecular flexibility index (Phi) is 2.03. The van der Waals surface area contributed by atoms with E-state index < -0.39 is 0 Å². The maximum absolute atomic E-state index is 5.40. The number of benzene rings is 2. The zero-order valence-electron chi connectivity index (χ0n) is 10.5. The normalized spacial score (nSPS) is 11.4. The van der Waals surface area contributed by atoms with Crippen molar-refractivity contribution in [1.29, 1.82) is 0 Å². The number of aromatic amines is 1. The summed E-state index contributed by atoms with van der Waals surface area (Å²) >= 11 is 0. The monoisotopic (exact) mass is 248 g/mol. The van der Waals surface area contributed by atoms with Crippen molar-refractivity contribution in [1.82, 2.24) is 9.97 Å². The first-order valence-corrected chi connectivity index (χ1v) is 6.21. The number of ether oxygens (including phenoxy) is 1. The standard InChI is InChI=1S/C16H12N2O/c1-19-14-8-4-6-11-15-13(18-16(11)14)9-10-5-2-3-7-12(10)17-15/h2-9,18H,1H3. The Morgan fingerprint density at radius 2 is 1.95 bits per heavy atom. The highest BCUT2D eigenvalue weighted by molar-refractivity contribution is 6.09. The Morgan fingerprint density at radius 3 is 2.84 bits per heavy atom. The van der Waals surface area contributed by atoms with Crippen LogP contribution in [0.1, 0.15) is 0 Å². The van der Waals surface area contributed by atoms with Crippen LogP contribution in [0.15, 0.2) is 48.5 Å². The summed E-state index contributed by atoms with van der Waals surface area (Å²) < 4.78 is 5.40. The van der Waals surface area contributed by atoms with Crippen LogP contribution >= 0.6 is 0 Å². The zero-order valence-corrected chi connectivity index (χ0v) is 10.5. The van der Waals surface area contributed by atoms with Crippen LogP contribution in [-0.4, -0.2) is 17.1 Å². The van der Waals surface area contributed by atoms with Gasteiger partial charge in [-0.15, -0.1) is 0 Å². The molecule has 4 rings (SSSR count). The van der Waals surface area contributed by atoms with E-state index in [1.165, 1.54) is 0 Å². The minimum atomic E-state index is 0.847. The molecule has 0 saturated carbocycles. The fourth-order valence-corrected chi connectivity index (χ4v) is 2.58. The molecule has 0 aliphatic heterocycles. The number of aromatic nitrogens is 2. The lowest BCUT2D eigenvalue weighted by molar-refractivity contribution is 0.419. The van der Waals surface area contributed by atoms with Gasteiger partial charge in [0.05, 0.1) is 29.2 Å². The van der Waals surface area contributed by atoms with Gasteiger partial charge in [0.2, 0.25) is 0 Å². The lowest BCUT2D eigenvalue weighted by Crippen LogP contribution is -1.82. The van der Waals surface area contributed by atoms with Crippen LogP contribution < -0.4 is 4.74 Å². The van der Waals surface area contributed by atoms with Gasteiger partial charge in [0.25, 0.3) is 0 Å². The van der Waals surface area contributed by atoms with E-state index >= 15 is 0 Å². The van der Waals surface area contributed by atoms with Crippen LogP contribution in [0.3, 0.4) is 0 Å². The number of fused-ring (bicyclic) bond motifs is 4. The van der Waals surface area contributed by atoms with Crippen molar-refractivity contribution in [3.8, 4) is 5.75 Å². The van der Waals surface area contributed by atoms with Gasteiger partial charge < -0.3 is 9.72 Å². The Bertz CT molecular complexity index is 908. The Morgan fingerprint density at radius 1 is 1.05 bits per heavy atom. The molecule has 19 heavy (non-hydrogen) atoms. The lowest BCUT2D eigenvalue weighted by atomic mass is 10.2. The molecular weight excluding hydrogens is 236 g/mol. The third-order valence-electron chi connectivity index (χ3n) is 3.48. The summed E-state index contributed by atoms with van der Waals surface area (Å²) in [7, 11) is 1.68. The van der Waals surface area contributed by atoms with Gasteiger partial charge in [0.1, 0.15) is 5.75 Å². The van der Waals surface area contributed by atoms with Crippen molar-refractivity contribution in [3.05, 3.63) is 48.5 Å². The second kappa shape index (κ2) is 3.72. The van der Waals surface area contributed by atoms with E-state index in [0.29, 0.717) is 0 Å². The second-order valence-electron chi connectivity index (χ2n) is 4.59. The summed E-state index contributed by atoms with van der Waals surface area (Å²) in [6, 6.07) is 16.3. The number of H-pyrrole nitrogens is 1. The van der Waals surface area contributed by atoms with Crippen molar-refractivity contribution in [2.24, 2.45) is 0 Å². The molecule has 0 fully saturated rings. The van der Waals surface area contributed by atoms with Gasteiger partial charge in [0, 0.05) is 10.8 Å². The molecule has 0 radical (unpaired) electrons. The first kappa shape index (κ1) is 10.4. The average molecular weight is 248 g/mol. The molecule has 2 aromatic carbocycles. The number of pyridine rings is 1. The second-order valence-corrected chi connectivity index (χ2v) is 4.59. The van der Waals surface area contributed by atoms with Gasteiger partial charge in [-0.05, 0) is 18.2 Å². The molecule has 0 bridgehead atoms. The summed E-state index contributed by atoms with van der Waals surface area (Å²) in [5.41, 5.74) is 4.05. The van der Waals surface area contributed by atoms with Crippen molar-refractivity contribution in [2.45, 2.75) is 0 Å². The highest BCUT2D eigenvalue weighted by atomic mass is 16.5. The van der Waals surface area contributed by atoms with Crippen LogP contribution in [0.25, 0.3) is 32.8 Å². The van der Waals surface area contributed by atoms with Crippen molar-refractivity contribution in [3.63, 3.8) is 0 Å². The zero-order chi connectivity index (χ0) is 12.8. The number of para-hydroxylation sites is 2. The van der Waals surface area contributed by atoms with E-state index in [1.807, 2.05) is 30.3 Å². The number of nitrogens with one attached hydrogen (secondary N) is 1. The van der Waals surface area contributed by atoms with Gasteiger partial charge in [0.15, 0.2) is 0 Å². The quantitative estimate of drug-likeness (QED) is 0.555. The van der Waals surface area contributed by atoms with Crippen LogP contribution in [0.4, 0.5) is 0 Å². The van der Waals surface area contributed by atoms with Gasteiger partial charge >= 0.3 is 0 Å². The third-order valence-corrected chi connectivity index (χ3v) is 3.48. The predicted octanol–water partition coefficient (Wildman–Crippen LogP) is 3.88. The van der Waals surface area contributed by atoms with Gasteiger partial charge in [-0.25, -0.2) is 4.98 Å². The van der Waals surface area contributed by atoms with Gasteiger partial charge in [-0.2, -0.15) is 0 Å². The van der Waals surface area contributed by atoms with Crippen molar-refractivity contribution < 1.29 is 4.74 Å². The van der Waals surface area contributed by atoms with Crippen LogP contribution in [0.2, 0.25) is 0 Å². The molecule has 3 heteroatoms. The summed E-state index contributed by atoms with van der Waals surface area (Å²) in [5, 5.41) is 2.24. The maximum Gasteiger partial charge on any atom is 0.143 e. The van der Waals surface area contributed by atoms with E-state index in [4.69, 9.17) is 9.72 Å². The Balaban J connectivity index is 2.22. The van der Waals surface area contributed by atoms with Crippen molar-refractivity contribution >= 4 is 32.8 Å². The molecule has 0 aliphatic carbocycles. The van der Waals surface area contributed by atoms with E-state index in [9.17, 15) is 0 Å². The molecule has 4 aromatic rings. The minimum absolute atomic E-state index is 0.847. The number of methoxy groups -OCH3 is 1. The topological polar surface area (TPSA) is 37.9 Å². The van der Waals surface area contributed by atoms with E-state index in [2.05, 4.69) is 23.2 Å². The number of hydrogen-bond donors (Lipinski definition) is 1. The van der Waals surface area contributed by atoms with E-state index in [-0.39, 0.29) is 0 Å². The molecule has 0 spiro atoms. The summed E-state index contributed by atoms with van der Waals surface area (Å²) in [6.07, 6.45) is 0. The molecule has 0 atom stereocenters. The Hall–Kier alpha value is -2.55. The smallest absolute Gasteiger partial charge is 0.143 e. The predicted molar refractivity (Wildman–Crippen MR) is 77.7 cm³/mol. The molecule has 1 N–H and O–H groups in total. The number of nitrogens with zero attached hydrogens (tertiary/aromatic N) is 1. The third kappa shape index (κ3) is 1.41. The van der Waals surface area contributed by atoms with Gasteiger partial charge in [-0.3, -0.25) is 0 Å². The lowest BCUT2D eigenvalue weighted by Gasteiger charge is -1.99. The fourth-order valence-electron chi connectivity index (χ4n) is 2.58. The SMILES string of the molecule is COc1cccc2c1[nH]c1cc3ccccc3nc12. The average Bonchev–Trinajstić information content (AvgIpc) is 2.82. The first-order valence-electron chi connectivity index (χ1n) is 6.21.